The first-order valence-corrected chi connectivity index (χ1v) is 6.35. The highest BCUT2D eigenvalue weighted by atomic mass is 32.1. The predicted octanol–water partition coefficient (Wildman–Crippen LogP) is 4.85. The van der Waals surface area contributed by atoms with Crippen LogP contribution in [-0.2, 0) is 6.18 Å². The summed E-state index contributed by atoms with van der Waals surface area (Å²) < 4.78 is 53.1. The molecule has 2 aromatic carbocycles. The van der Waals surface area contributed by atoms with E-state index >= 15 is 0 Å². The number of hydrogen-bond acceptors (Lipinski definition) is 1. The molecular weight excluding hydrogens is 304 g/mol. The molecule has 0 fully saturated rings. The van der Waals surface area contributed by atoms with E-state index in [0.717, 1.165) is 12.1 Å². The van der Waals surface area contributed by atoms with Crippen molar-refractivity contribution in [1.82, 2.24) is 9.55 Å². The zero-order valence-corrected chi connectivity index (χ0v) is 11.2. The SMILES string of the molecule is Fc1cccc(-n2c(=S)[nH]c3cc(C(F)(F)F)ccc32)c1. The lowest BCUT2D eigenvalue weighted by atomic mass is 10.2. The Bertz CT molecular complexity index is 877. The van der Waals surface area contributed by atoms with Gasteiger partial charge in [0.2, 0.25) is 0 Å². The van der Waals surface area contributed by atoms with Gasteiger partial charge >= 0.3 is 6.18 Å². The summed E-state index contributed by atoms with van der Waals surface area (Å²) in [5.41, 5.74) is 0.390. The third kappa shape index (κ3) is 2.44. The maximum absolute atomic E-state index is 13.3. The van der Waals surface area contributed by atoms with Crippen LogP contribution in [-0.4, -0.2) is 9.55 Å². The molecule has 0 aliphatic carbocycles. The van der Waals surface area contributed by atoms with Gasteiger partial charge in [-0.25, -0.2) is 4.39 Å². The number of benzene rings is 2. The average molecular weight is 312 g/mol. The first kappa shape index (κ1) is 13.8. The van der Waals surface area contributed by atoms with E-state index in [2.05, 4.69) is 4.98 Å². The Kier molecular flexibility index (Phi) is 3.09. The lowest BCUT2D eigenvalue weighted by Crippen LogP contribution is -2.04. The Labute approximate surface area is 121 Å². The van der Waals surface area contributed by atoms with Gasteiger partial charge in [-0.3, -0.25) is 4.57 Å². The summed E-state index contributed by atoms with van der Waals surface area (Å²) in [5.74, 6) is -0.448. The topological polar surface area (TPSA) is 20.7 Å². The number of fused-ring (bicyclic) bond motifs is 1. The molecule has 0 aliphatic rings. The molecule has 0 radical (unpaired) electrons. The molecule has 7 heteroatoms. The summed E-state index contributed by atoms with van der Waals surface area (Å²) in [5, 5.41) is 0. The highest BCUT2D eigenvalue weighted by molar-refractivity contribution is 7.71. The van der Waals surface area contributed by atoms with Crippen molar-refractivity contribution < 1.29 is 17.6 Å². The molecular formula is C14H8F4N2S. The molecule has 21 heavy (non-hydrogen) atoms. The van der Waals surface area contributed by atoms with Crippen LogP contribution in [0.25, 0.3) is 16.7 Å². The third-order valence-electron chi connectivity index (χ3n) is 3.08. The molecule has 108 valence electrons. The minimum atomic E-state index is -4.43. The fourth-order valence-electron chi connectivity index (χ4n) is 2.16. The number of H-pyrrole nitrogens is 1. The van der Waals surface area contributed by atoms with Gasteiger partial charge in [-0.15, -0.1) is 0 Å². The lowest BCUT2D eigenvalue weighted by molar-refractivity contribution is -0.137. The minimum absolute atomic E-state index is 0.204. The van der Waals surface area contributed by atoms with Gasteiger partial charge in [-0.2, -0.15) is 13.2 Å². The first-order chi connectivity index (χ1) is 9.86. The van der Waals surface area contributed by atoms with Crippen LogP contribution in [0.4, 0.5) is 17.6 Å². The Morgan fingerprint density at radius 2 is 1.81 bits per heavy atom. The lowest BCUT2D eigenvalue weighted by Gasteiger charge is -2.07. The van der Waals surface area contributed by atoms with Crippen LogP contribution in [0.5, 0.6) is 0 Å². The van der Waals surface area contributed by atoms with Gasteiger partial charge in [0.1, 0.15) is 5.82 Å². The zero-order chi connectivity index (χ0) is 15.2. The van der Waals surface area contributed by atoms with Crippen LogP contribution in [0.1, 0.15) is 5.56 Å². The molecule has 0 spiro atoms. The fraction of sp³-hybridized carbons (Fsp3) is 0.0714. The van der Waals surface area contributed by atoms with E-state index in [-0.39, 0.29) is 10.3 Å². The Hall–Kier alpha value is -2.15. The van der Waals surface area contributed by atoms with Crippen LogP contribution in [0.15, 0.2) is 42.5 Å². The second-order valence-corrected chi connectivity index (χ2v) is 4.86. The largest absolute Gasteiger partial charge is 0.416 e. The number of rotatable bonds is 1. The summed E-state index contributed by atoms with van der Waals surface area (Å²) >= 11 is 5.12. The van der Waals surface area contributed by atoms with Gasteiger partial charge < -0.3 is 4.98 Å². The van der Waals surface area contributed by atoms with E-state index < -0.39 is 17.6 Å². The van der Waals surface area contributed by atoms with Gasteiger partial charge in [-0.05, 0) is 48.6 Å². The molecule has 1 N–H and O–H groups in total. The van der Waals surface area contributed by atoms with Crippen LogP contribution in [0, 0.1) is 10.6 Å². The molecule has 0 aliphatic heterocycles. The summed E-state index contributed by atoms with van der Waals surface area (Å²) in [6.45, 7) is 0. The number of halogens is 4. The molecule has 0 atom stereocenters. The van der Waals surface area contributed by atoms with Crippen molar-refractivity contribution in [2.45, 2.75) is 6.18 Å². The summed E-state index contributed by atoms with van der Waals surface area (Å²) in [4.78, 5) is 2.71. The molecule has 0 saturated carbocycles. The Morgan fingerprint density at radius 3 is 2.48 bits per heavy atom. The first-order valence-electron chi connectivity index (χ1n) is 5.94. The second kappa shape index (κ2) is 4.70. The summed E-state index contributed by atoms with van der Waals surface area (Å²) in [6, 6.07) is 8.96. The summed E-state index contributed by atoms with van der Waals surface area (Å²) in [6.07, 6.45) is -4.43. The van der Waals surface area contributed by atoms with Gasteiger partial charge in [-0.1, -0.05) is 6.07 Å². The number of alkyl halides is 3. The highest BCUT2D eigenvalue weighted by Gasteiger charge is 2.30. The number of aromatic nitrogens is 2. The van der Waals surface area contributed by atoms with Crippen molar-refractivity contribution in [3.8, 4) is 5.69 Å². The quantitative estimate of drug-likeness (QED) is 0.503. The van der Waals surface area contributed by atoms with Crippen molar-refractivity contribution >= 4 is 23.3 Å². The monoisotopic (exact) mass is 312 g/mol. The van der Waals surface area contributed by atoms with E-state index in [9.17, 15) is 17.6 Å². The minimum Gasteiger partial charge on any atom is -0.330 e. The van der Waals surface area contributed by atoms with E-state index in [0.29, 0.717) is 11.2 Å². The molecule has 3 aromatic rings. The fourth-order valence-corrected chi connectivity index (χ4v) is 2.47. The van der Waals surface area contributed by atoms with Crippen LogP contribution in [0.2, 0.25) is 0 Å². The molecule has 0 unspecified atom stereocenters. The predicted molar refractivity (Wildman–Crippen MR) is 73.4 cm³/mol. The maximum Gasteiger partial charge on any atom is 0.416 e. The van der Waals surface area contributed by atoms with Crippen molar-refractivity contribution in [3.63, 3.8) is 0 Å². The smallest absolute Gasteiger partial charge is 0.330 e. The summed E-state index contributed by atoms with van der Waals surface area (Å²) in [7, 11) is 0. The number of imidazole rings is 1. The Balaban J connectivity index is 2.26. The van der Waals surface area contributed by atoms with Crippen molar-refractivity contribution in [2.75, 3.05) is 0 Å². The van der Waals surface area contributed by atoms with E-state index in [1.807, 2.05) is 0 Å². The maximum atomic E-state index is 13.3. The van der Waals surface area contributed by atoms with Crippen LogP contribution in [0.3, 0.4) is 0 Å². The second-order valence-electron chi connectivity index (χ2n) is 4.48. The number of nitrogens with zero attached hydrogens (tertiary/aromatic N) is 1. The number of aromatic amines is 1. The molecule has 3 rings (SSSR count). The molecule has 1 heterocycles. The average Bonchev–Trinajstić information content (AvgIpc) is 2.72. The van der Waals surface area contributed by atoms with Gasteiger partial charge in [0, 0.05) is 0 Å². The molecule has 2 nitrogen and oxygen atoms in total. The van der Waals surface area contributed by atoms with E-state index in [1.54, 1.807) is 6.07 Å². The van der Waals surface area contributed by atoms with E-state index in [4.69, 9.17) is 12.2 Å². The molecule has 1 aromatic heterocycles. The van der Waals surface area contributed by atoms with Gasteiger partial charge in [0.05, 0.1) is 22.3 Å². The molecule has 0 bridgehead atoms. The third-order valence-corrected chi connectivity index (χ3v) is 3.36. The molecule has 0 amide bonds. The standard InChI is InChI=1S/C14H8F4N2S/c15-9-2-1-3-10(7-9)20-12-5-4-8(14(16,17)18)6-11(12)19-13(20)21/h1-7H,(H,19,21). The van der Waals surface area contributed by atoms with Crippen molar-refractivity contribution in [2.24, 2.45) is 0 Å². The Morgan fingerprint density at radius 1 is 1.05 bits per heavy atom. The van der Waals surface area contributed by atoms with Crippen molar-refractivity contribution in [3.05, 3.63) is 58.6 Å². The van der Waals surface area contributed by atoms with Gasteiger partial charge in [0.25, 0.3) is 0 Å². The molecule has 0 saturated heterocycles. The van der Waals surface area contributed by atoms with E-state index in [1.165, 1.54) is 28.8 Å². The zero-order valence-electron chi connectivity index (χ0n) is 10.4. The normalized spacial score (nSPS) is 12.0. The van der Waals surface area contributed by atoms with Gasteiger partial charge in [0.15, 0.2) is 4.77 Å². The van der Waals surface area contributed by atoms with Crippen LogP contribution >= 0.6 is 12.2 Å². The van der Waals surface area contributed by atoms with Crippen molar-refractivity contribution in [1.29, 1.82) is 0 Å². The van der Waals surface area contributed by atoms with Crippen LogP contribution < -0.4 is 0 Å². The highest BCUT2D eigenvalue weighted by Crippen LogP contribution is 2.31. The number of hydrogen-bond donors (Lipinski definition) is 1. The number of nitrogens with one attached hydrogen (secondary N) is 1.